The molecule has 0 aliphatic carbocycles. The summed E-state index contributed by atoms with van der Waals surface area (Å²) in [5.41, 5.74) is 1.23. The molecule has 0 N–H and O–H groups in total. The van der Waals surface area contributed by atoms with Crippen LogP contribution < -0.4 is 9.47 Å². The molecule has 0 radical (unpaired) electrons. The maximum absolute atomic E-state index is 13.8. The van der Waals surface area contributed by atoms with E-state index in [0.717, 1.165) is 17.7 Å². The van der Waals surface area contributed by atoms with Gasteiger partial charge in [0.15, 0.2) is 11.6 Å². The van der Waals surface area contributed by atoms with Crippen LogP contribution in [-0.4, -0.2) is 30.0 Å². The molecule has 0 unspecified atom stereocenters. The number of hydrogen-bond donors (Lipinski definition) is 0. The van der Waals surface area contributed by atoms with Crippen LogP contribution in [0.4, 0.5) is 13.2 Å². The van der Waals surface area contributed by atoms with Gasteiger partial charge in [-0.25, -0.2) is 13.2 Å². The standard InChI is InChI=1S/C25H22F3NO3/c26-18-7-5-17(6-8-18)16-31-23-4-2-1-3-21(23)25(30)29-13-11-20(12-14-29)32-24-10-9-19(27)15-22(24)28/h1-10,15,20H,11-14,16H2. The highest BCUT2D eigenvalue weighted by atomic mass is 19.1. The van der Waals surface area contributed by atoms with E-state index in [0.29, 0.717) is 37.2 Å². The zero-order valence-electron chi connectivity index (χ0n) is 17.3. The Hall–Kier alpha value is -3.48. The maximum Gasteiger partial charge on any atom is 0.257 e. The summed E-state index contributed by atoms with van der Waals surface area (Å²) in [4.78, 5) is 14.8. The first-order valence-electron chi connectivity index (χ1n) is 10.4. The van der Waals surface area contributed by atoms with Crippen LogP contribution in [0, 0.1) is 17.5 Å². The summed E-state index contributed by atoms with van der Waals surface area (Å²) < 4.78 is 51.5. The molecule has 1 amide bonds. The highest BCUT2D eigenvalue weighted by molar-refractivity contribution is 5.97. The number of nitrogens with zero attached hydrogens (tertiary/aromatic N) is 1. The number of piperidine rings is 1. The summed E-state index contributed by atoms with van der Waals surface area (Å²) in [6.07, 6.45) is 0.798. The molecule has 4 rings (SSSR count). The Morgan fingerprint density at radius 3 is 2.28 bits per heavy atom. The summed E-state index contributed by atoms with van der Waals surface area (Å²) >= 11 is 0. The van der Waals surface area contributed by atoms with Crippen LogP contribution in [0.5, 0.6) is 11.5 Å². The van der Waals surface area contributed by atoms with Crippen LogP contribution in [0.2, 0.25) is 0 Å². The lowest BCUT2D eigenvalue weighted by Gasteiger charge is -2.32. The van der Waals surface area contributed by atoms with Crippen LogP contribution in [0.15, 0.2) is 66.7 Å². The fourth-order valence-corrected chi connectivity index (χ4v) is 3.61. The summed E-state index contributed by atoms with van der Waals surface area (Å²) in [6.45, 7) is 1.10. The first-order valence-corrected chi connectivity index (χ1v) is 10.4. The van der Waals surface area contributed by atoms with Gasteiger partial charge in [0.05, 0.1) is 5.56 Å². The molecule has 0 bridgehead atoms. The van der Waals surface area contributed by atoms with Gasteiger partial charge in [-0.1, -0.05) is 24.3 Å². The van der Waals surface area contributed by atoms with Crippen molar-refractivity contribution in [3.05, 3.63) is 95.3 Å². The molecule has 32 heavy (non-hydrogen) atoms. The monoisotopic (exact) mass is 441 g/mol. The molecule has 3 aromatic rings. The van der Waals surface area contributed by atoms with Gasteiger partial charge >= 0.3 is 0 Å². The van der Waals surface area contributed by atoms with Gasteiger partial charge in [0.2, 0.25) is 0 Å². The second kappa shape index (κ2) is 9.77. The summed E-state index contributed by atoms with van der Waals surface area (Å²) in [6, 6.07) is 16.2. The maximum atomic E-state index is 13.8. The molecule has 1 heterocycles. The number of halogens is 3. The van der Waals surface area contributed by atoms with Gasteiger partial charge in [-0.2, -0.15) is 0 Å². The predicted octanol–water partition coefficient (Wildman–Crippen LogP) is 5.37. The molecule has 0 spiro atoms. The predicted molar refractivity (Wildman–Crippen MR) is 113 cm³/mol. The van der Waals surface area contributed by atoms with Crippen molar-refractivity contribution < 1.29 is 27.4 Å². The van der Waals surface area contributed by atoms with Crippen molar-refractivity contribution in [3.8, 4) is 11.5 Å². The molecule has 0 saturated carbocycles. The molecule has 1 fully saturated rings. The number of amides is 1. The number of carbonyl (C=O) groups is 1. The molecule has 4 nitrogen and oxygen atoms in total. The van der Waals surface area contributed by atoms with Crippen molar-refractivity contribution in [2.24, 2.45) is 0 Å². The van der Waals surface area contributed by atoms with E-state index in [2.05, 4.69) is 0 Å². The minimum Gasteiger partial charge on any atom is -0.488 e. The minimum atomic E-state index is -0.740. The molecule has 1 saturated heterocycles. The quantitative estimate of drug-likeness (QED) is 0.517. The highest BCUT2D eigenvalue weighted by Crippen LogP contribution is 2.26. The molecular formula is C25H22F3NO3. The first-order chi connectivity index (χ1) is 15.5. The Kier molecular flexibility index (Phi) is 6.63. The van der Waals surface area contributed by atoms with Crippen molar-refractivity contribution in [1.29, 1.82) is 0 Å². The third-order valence-electron chi connectivity index (χ3n) is 5.34. The van der Waals surface area contributed by atoms with Gasteiger partial charge in [0.25, 0.3) is 5.91 Å². The van der Waals surface area contributed by atoms with Crippen molar-refractivity contribution in [3.63, 3.8) is 0 Å². The smallest absolute Gasteiger partial charge is 0.257 e. The number of rotatable bonds is 6. The van der Waals surface area contributed by atoms with Gasteiger partial charge < -0.3 is 14.4 Å². The molecule has 1 aliphatic heterocycles. The van der Waals surface area contributed by atoms with Gasteiger partial charge in [-0.3, -0.25) is 4.79 Å². The topological polar surface area (TPSA) is 38.8 Å². The lowest BCUT2D eigenvalue weighted by atomic mass is 10.1. The Labute approximate surface area is 184 Å². The SMILES string of the molecule is O=C(c1ccccc1OCc1ccc(F)cc1)N1CCC(Oc2ccc(F)cc2F)CC1. The molecule has 166 valence electrons. The van der Waals surface area contributed by atoms with E-state index >= 15 is 0 Å². The highest BCUT2D eigenvalue weighted by Gasteiger charge is 2.27. The molecule has 1 aliphatic rings. The van der Waals surface area contributed by atoms with Crippen molar-refractivity contribution >= 4 is 5.91 Å². The lowest BCUT2D eigenvalue weighted by Crippen LogP contribution is -2.42. The number of likely N-dealkylation sites (tertiary alicyclic amines) is 1. The van der Waals surface area contributed by atoms with E-state index in [9.17, 15) is 18.0 Å². The minimum absolute atomic E-state index is 0.00992. The van der Waals surface area contributed by atoms with Crippen LogP contribution in [0.25, 0.3) is 0 Å². The second-order valence-electron chi connectivity index (χ2n) is 7.60. The Morgan fingerprint density at radius 1 is 0.875 bits per heavy atom. The van der Waals surface area contributed by atoms with E-state index in [1.807, 2.05) is 0 Å². The zero-order chi connectivity index (χ0) is 22.5. The average Bonchev–Trinajstić information content (AvgIpc) is 2.81. The van der Waals surface area contributed by atoms with Crippen molar-refractivity contribution in [2.45, 2.75) is 25.6 Å². The number of hydrogen-bond acceptors (Lipinski definition) is 3. The van der Waals surface area contributed by atoms with E-state index < -0.39 is 11.6 Å². The number of benzene rings is 3. The third-order valence-corrected chi connectivity index (χ3v) is 5.34. The average molecular weight is 441 g/mol. The largest absolute Gasteiger partial charge is 0.488 e. The zero-order valence-corrected chi connectivity index (χ0v) is 17.3. The summed E-state index contributed by atoms with van der Waals surface area (Å²) in [5.74, 6) is -1.42. The Morgan fingerprint density at radius 2 is 1.56 bits per heavy atom. The third kappa shape index (κ3) is 5.22. The lowest BCUT2D eigenvalue weighted by molar-refractivity contribution is 0.0584. The van der Waals surface area contributed by atoms with E-state index in [1.54, 1.807) is 41.3 Å². The molecule has 7 heteroatoms. The van der Waals surface area contributed by atoms with Crippen molar-refractivity contribution in [1.82, 2.24) is 4.90 Å². The van der Waals surface area contributed by atoms with Crippen LogP contribution >= 0.6 is 0 Å². The number of para-hydroxylation sites is 1. The Bertz CT molecular complexity index is 1080. The summed E-state index contributed by atoms with van der Waals surface area (Å²) in [7, 11) is 0. The van der Waals surface area contributed by atoms with Gasteiger partial charge in [0.1, 0.15) is 30.1 Å². The normalized spacial score (nSPS) is 14.3. The van der Waals surface area contributed by atoms with Crippen molar-refractivity contribution in [2.75, 3.05) is 13.1 Å². The van der Waals surface area contributed by atoms with E-state index in [1.165, 1.54) is 18.2 Å². The number of ether oxygens (including phenoxy) is 2. The number of carbonyl (C=O) groups excluding carboxylic acids is 1. The Balaban J connectivity index is 1.36. The molecule has 3 aromatic carbocycles. The fourth-order valence-electron chi connectivity index (χ4n) is 3.61. The van der Waals surface area contributed by atoms with E-state index in [4.69, 9.17) is 9.47 Å². The van der Waals surface area contributed by atoms with Gasteiger partial charge in [-0.05, 0) is 42.0 Å². The van der Waals surface area contributed by atoms with Crippen LogP contribution in [0.3, 0.4) is 0 Å². The van der Waals surface area contributed by atoms with Crippen LogP contribution in [-0.2, 0) is 6.61 Å². The molecule has 0 aromatic heterocycles. The van der Waals surface area contributed by atoms with Crippen LogP contribution in [0.1, 0.15) is 28.8 Å². The summed E-state index contributed by atoms with van der Waals surface area (Å²) in [5, 5.41) is 0. The second-order valence-corrected chi connectivity index (χ2v) is 7.60. The van der Waals surface area contributed by atoms with Gasteiger partial charge in [-0.15, -0.1) is 0 Å². The fraction of sp³-hybridized carbons (Fsp3) is 0.240. The van der Waals surface area contributed by atoms with E-state index in [-0.39, 0.29) is 30.2 Å². The molecular weight excluding hydrogens is 419 g/mol. The first kappa shape index (κ1) is 21.7. The van der Waals surface area contributed by atoms with Gasteiger partial charge in [0, 0.05) is 32.0 Å². The molecule has 0 atom stereocenters.